The van der Waals surface area contributed by atoms with E-state index in [1.165, 1.54) is 112 Å². The van der Waals surface area contributed by atoms with Crippen molar-refractivity contribution in [3.05, 3.63) is 39.5 Å². The van der Waals surface area contributed by atoms with E-state index in [9.17, 15) is 0 Å². The molecule has 4 aromatic rings. The Morgan fingerprint density at radius 3 is 1.32 bits per heavy atom. The Morgan fingerprint density at radius 2 is 0.936 bits per heavy atom. The van der Waals surface area contributed by atoms with Crippen LogP contribution in [0.4, 0.5) is 0 Å². The van der Waals surface area contributed by atoms with Crippen LogP contribution in [0.1, 0.15) is 140 Å². The fourth-order valence-electron chi connectivity index (χ4n) is 6.48. The van der Waals surface area contributed by atoms with E-state index in [1.54, 1.807) is 34.0 Å². The Labute approximate surface area is 323 Å². The van der Waals surface area contributed by atoms with Crippen LogP contribution in [0.15, 0.2) is 19.7 Å². The summed E-state index contributed by atoms with van der Waals surface area (Å²) >= 11 is 26.8. The molecule has 0 aliphatic rings. The summed E-state index contributed by atoms with van der Waals surface area (Å²) in [6.45, 7) is 9.16. The molecule has 0 saturated heterocycles. The molecule has 2 unspecified atom stereocenters. The van der Waals surface area contributed by atoms with Gasteiger partial charge in [0, 0.05) is 9.75 Å². The van der Waals surface area contributed by atoms with Gasteiger partial charge in [-0.25, -0.2) is 9.97 Å². The van der Waals surface area contributed by atoms with Crippen molar-refractivity contribution in [1.29, 1.82) is 0 Å². The van der Waals surface area contributed by atoms with Gasteiger partial charge in [-0.3, -0.25) is 0 Å². The molecule has 4 rings (SSSR count). The van der Waals surface area contributed by atoms with Crippen LogP contribution in [0.2, 0.25) is 10.0 Å². The quantitative estimate of drug-likeness (QED) is 0.0736. The van der Waals surface area contributed by atoms with Crippen LogP contribution < -0.4 is 0 Å². The Morgan fingerprint density at radius 1 is 0.553 bits per heavy atom. The fourth-order valence-corrected chi connectivity index (χ4v) is 12.3. The van der Waals surface area contributed by atoms with E-state index in [-0.39, 0.29) is 0 Å². The van der Waals surface area contributed by atoms with Crippen molar-refractivity contribution in [2.45, 2.75) is 143 Å². The number of aromatic nitrogens is 2. The first-order chi connectivity index (χ1) is 22.8. The van der Waals surface area contributed by atoms with E-state index < -0.39 is 0 Å². The van der Waals surface area contributed by atoms with Crippen LogP contribution in [0.3, 0.4) is 0 Å². The summed E-state index contributed by atoms with van der Waals surface area (Å²) in [5, 5.41) is 1.73. The summed E-state index contributed by atoms with van der Waals surface area (Å²) in [7, 11) is 0. The predicted molar refractivity (Wildman–Crippen MR) is 220 cm³/mol. The Bertz CT molecular complexity index is 1420. The summed E-state index contributed by atoms with van der Waals surface area (Å²) in [4.78, 5) is 15.3. The number of thiophene rings is 3. The molecule has 2 atom stereocenters. The van der Waals surface area contributed by atoms with Gasteiger partial charge in [0.2, 0.25) is 0 Å². The molecule has 0 aliphatic heterocycles. The van der Waals surface area contributed by atoms with Gasteiger partial charge in [-0.2, -0.15) is 0 Å². The Kier molecular flexibility index (Phi) is 17.5. The van der Waals surface area contributed by atoms with Crippen molar-refractivity contribution in [3.8, 4) is 21.1 Å². The molecule has 0 fully saturated rings. The third-order valence-electron chi connectivity index (χ3n) is 9.24. The number of rotatable bonds is 22. The minimum absolute atomic E-state index is 0.673. The molecule has 0 aromatic carbocycles. The van der Waals surface area contributed by atoms with Crippen LogP contribution in [-0.2, 0) is 12.8 Å². The molecule has 0 amide bonds. The zero-order chi connectivity index (χ0) is 33.8. The van der Waals surface area contributed by atoms with Gasteiger partial charge in [-0.1, -0.05) is 154 Å². The third-order valence-corrected chi connectivity index (χ3v) is 14.9. The topological polar surface area (TPSA) is 25.8 Å². The summed E-state index contributed by atoms with van der Waals surface area (Å²) in [6, 6.07) is 4.27. The van der Waals surface area contributed by atoms with Crippen LogP contribution >= 0.6 is 89.1 Å². The average Bonchev–Trinajstić information content (AvgIpc) is 3.70. The van der Waals surface area contributed by atoms with Gasteiger partial charge in [0.15, 0.2) is 0 Å². The molecule has 260 valence electrons. The predicted octanol–water partition coefficient (Wildman–Crippen LogP) is 16.6. The number of hydrogen-bond acceptors (Lipinski definition) is 5. The lowest BCUT2D eigenvalue weighted by Gasteiger charge is -2.16. The molecule has 0 saturated carbocycles. The molecule has 0 spiro atoms. The standard InChI is InChI=1S/C38H52Br2Cl2N2S3/c1-5-9-13-15-19-25(17-11-7-3)21-29-27(41)23-31(45-29)33-34(44-36-35(43-33)37(39)47-38(36)40)32-24-28(42)30(46-32)22-26(18-12-8-4)20-16-14-10-6-2/h23-26H,5-22H2,1-4H3. The molecule has 0 radical (unpaired) electrons. The van der Waals surface area contributed by atoms with Crippen molar-refractivity contribution >= 4 is 100 Å². The summed E-state index contributed by atoms with van der Waals surface area (Å²) in [5.41, 5.74) is 3.58. The van der Waals surface area contributed by atoms with E-state index in [0.717, 1.165) is 62.6 Å². The van der Waals surface area contributed by atoms with Crippen molar-refractivity contribution in [2.75, 3.05) is 0 Å². The minimum Gasteiger partial charge on any atom is -0.241 e. The zero-order valence-corrected chi connectivity index (χ0v) is 35.8. The Balaban J connectivity index is 1.67. The number of hydrogen-bond donors (Lipinski definition) is 0. The lowest BCUT2D eigenvalue weighted by Crippen LogP contribution is -2.04. The summed E-state index contributed by atoms with van der Waals surface area (Å²) in [5.74, 6) is 1.35. The smallest absolute Gasteiger partial charge is 0.116 e. The first kappa shape index (κ1) is 39.8. The highest BCUT2D eigenvalue weighted by Gasteiger charge is 2.24. The first-order valence-corrected chi connectivity index (χ1v) is 22.8. The summed E-state index contributed by atoms with van der Waals surface area (Å²) in [6.07, 6.45) is 22.7. The number of unbranched alkanes of at least 4 members (excludes halogenated alkanes) is 8. The van der Waals surface area contributed by atoms with E-state index in [2.05, 4.69) is 71.7 Å². The van der Waals surface area contributed by atoms with E-state index >= 15 is 0 Å². The second-order valence-electron chi connectivity index (χ2n) is 13.2. The maximum atomic E-state index is 7.03. The highest BCUT2D eigenvalue weighted by Crippen LogP contribution is 2.46. The van der Waals surface area contributed by atoms with Gasteiger partial charge < -0.3 is 0 Å². The molecule has 0 aliphatic carbocycles. The molecule has 2 nitrogen and oxygen atoms in total. The molecule has 4 aromatic heterocycles. The number of fused-ring (bicyclic) bond motifs is 1. The van der Waals surface area contributed by atoms with Gasteiger partial charge in [0.05, 0.1) is 27.4 Å². The average molecular weight is 864 g/mol. The second kappa shape index (κ2) is 20.7. The molecular weight excluding hydrogens is 811 g/mol. The highest BCUT2D eigenvalue weighted by atomic mass is 79.9. The van der Waals surface area contributed by atoms with Crippen molar-refractivity contribution < 1.29 is 0 Å². The van der Waals surface area contributed by atoms with Crippen LogP contribution in [0.25, 0.3) is 32.2 Å². The van der Waals surface area contributed by atoms with Crippen LogP contribution in [0, 0.1) is 11.8 Å². The van der Waals surface area contributed by atoms with Crippen molar-refractivity contribution in [3.63, 3.8) is 0 Å². The lowest BCUT2D eigenvalue weighted by atomic mass is 9.92. The van der Waals surface area contributed by atoms with Crippen LogP contribution in [-0.4, -0.2) is 9.97 Å². The van der Waals surface area contributed by atoms with E-state index in [4.69, 9.17) is 33.2 Å². The van der Waals surface area contributed by atoms with Gasteiger partial charge in [0.25, 0.3) is 0 Å². The van der Waals surface area contributed by atoms with Gasteiger partial charge in [-0.05, 0) is 68.7 Å². The SMILES string of the molecule is CCCCCCC(CCCC)Cc1sc(-c2nc3c(Br)sc(Br)c3nc2-c2cc(Cl)c(CC(CCCC)CCCCCC)s2)cc1Cl. The first-order valence-electron chi connectivity index (χ1n) is 18.0. The lowest BCUT2D eigenvalue weighted by molar-refractivity contribution is 0.412. The van der Waals surface area contributed by atoms with Gasteiger partial charge >= 0.3 is 0 Å². The largest absolute Gasteiger partial charge is 0.241 e. The minimum atomic E-state index is 0.673. The maximum absolute atomic E-state index is 7.03. The molecule has 0 N–H and O–H groups in total. The van der Waals surface area contributed by atoms with E-state index in [0.29, 0.717) is 11.8 Å². The van der Waals surface area contributed by atoms with Crippen LogP contribution in [0.5, 0.6) is 0 Å². The van der Waals surface area contributed by atoms with Crippen molar-refractivity contribution in [1.82, 2.24) is 9.97 Å². The molecule has 47 heavy (non-hydrogen) atoms. The second-order valence-corrected chi connectivity index (χ2v) is 19.9. The molecule has 0 bridgehead atoms. The number of nitrogens with zero attached hydrogens (tertiary/aromatic N) is 2. The monoisotopic (exact) mass is 860 g/mol. The molecule has 4 heterocycles. The maximum Gasteiger partial charge on any atom is 0.116 e. The normalized spacial score (nSPS) is 13.2. The number of halogens is 4. The van der Waals surface area contributed by atoms with Gasteiger partial charge in [-0.15, -0.1) is 34.0 Å². The highest BCUT2D eigenvalue weighted by molar-refractivity contribution is 9.12. The molecule has 9 heteroatoms. The van der Waals surface area contributed by atoms with Gasteiger partial charge in [0.1, 0.15) is 22.4 Å². The van der Waals surface area contributed by atoms with Crippen molar-refractivity contribution in [2.24, 2.45) is 11.8 Å². The van der Waals surface area contributed by atoms with E-state index in [1.807, 2.05) is 0 Å². The summed E-state index contributed by atoms with van der Waals surface area (Å²) < 4.78 is 1.97. The fraction of sp³-hybridized carbons (Fsp3) is 0.632. The zero-order valence-electron chi connectivity index (χ0n) is 28.7. The molecular formula is C38H52Br2Cl2N2S3. The Hall–Kier alpha value is -0.0200. The third kappa shape index (κ3) is 11.5.